The van der Waals surface area contributed by atoms with Crippen molar-refractivity contribution < 1.29 is 35.8 Å². The van der Waals surface area contributed by atoms with Gasteiger partial charge in [0.15, 0.2) is 5.12 Å². The molecule has 0 aliphatic rings. The number of rotatable bonds is 11. The standard InChI is InChI=1S/C14H28OS.Na.H/c1-3-4-5-6-7-8-9-10-11-12-13-16-14(2)15;;/h3-13H2,1-2H3;;/q;+1;-1. The molecule has 0 fully saturated rings. The third kappa shape index (κ3) is 19.5. The normalized spacial score (nSPS) is 10.0. The maximum Gasteiger partial charge on any atom is 1.00 e. The predicted molar refractivity (Wildman–Crippen MR) is 76.1 cm³/mol. The van der Waals surface area contributed by atoms with Crippen LogP contribution in [-0.4, -0.2) is 10.9 Å². The van der Waals surface area contributed by atoms with Crippen LogP contribution in [0, 0.1) is 0 Å². The summed E-state index contributed by atoms with van der Waals surface area (Å²) in [5.41, 5.74) is 0. The summed E-state index contributed by atoms with van der Waals surface area (Å²) in [5.74, 6) is 1.02. The van der Waals surface area contributed by atoms with Gasteiger partial charge in [0, 0.05) is 12.7 Å². The molecular formula is C14H29NaOS. The fraction of sp³-hybridized carbons (Fsp3) is 0.929. The van der Waals surface area contributed by atoms with E-state index in [1.54, 1.807) is 6.92 Å². The number of hydrogen-bond acceptors (Lipinski definition) is 2. The van der Waals surface area contributed by atoms with Gasteiger partial charge in [-0.1, -0.05) is 76.5 Å². The predicted octanol–water partition coefficient (Wildman–Crippen LogP) is 2.30. The zero-order chi connectivity index (χ0) is 12.1. The number of carbonyl (C=O) groups excluding carboxylic acids is 1. The molecule has 0 aliphatic heterocycles. The van der Waals surface area contributed by atoms with E-state index >= 15 is 0 Å². The van der Waals surface area contributed by atoms with E-state index in [1.807, 2.05) is 0 Å². The molecule has 0 bridgehead atoms. The largest absolute Gasteiger partial charge is 1.00 e. The van der Waals surface area contributed by atoms with E-state index in [-0.39, 0.29) is 36.1 Å². The van der Waals surface area contributed by atoms with Crippen LogP contribution in [0.1, 0.15) is 79.5 Å². The van der Waals surface area contributed by atoms with E-state index < -0.39 is 0 Å². The van der Waals surface area contributed by atoms with Gasteiger partial charge in [0.05, 0.1) is 0 Å². The van der Waals surface area contributed by atoms with E-state index in [9.17, 15) is 4.79 Å². The number of carbonyl (C=O) groups is 1. The van der Waals surface area contributed by atoms with E-state index in [1.165, 1.54) is 76.0 Å². The minimum absolute atomic E-state index is 0. The second-order valence-electron chi connectivity index (χ2n) is 4.52. The monoisotopic (exact) mass is 268 g/mol. The van der Waals surface area contributed by atoms with Crippen LogP contribution in [0.3, 0.4) is 0 Å². The van der Waals surface area contributed by atoms with Crippen molar-refractivity contribution >= 4 is 16.9 Å². The van der Waals surface area contributed by atoms with E-state index in [4.69, 9.17) is 0 Å². The minimum Gasteiger partial charge on any atom is -1.00 e. The van der Waals surface area contributed by atoms with Crippen molar-refractivity contribution in [1.82, 2.24) is 0 Å². The first-order valence-electron chi connectivity index (χ1n) is 6.90. The van der Waals surface area contributed by atoms with Gasteiger partial charge in [-0.2, -0.15) is 0 Å². The van der Waals surface area contributed by atoms with Crippen molar-refractivity contribution in [3.63, 3.8) is 0 Å². The van der Waals surface area contributed by atoms with Gasteiger partial charge in [-0.25, -0.2) is 0 Å². The summed E-state index contributed by atoms with van der Waals surface area (Å²) in [6, 6.07) is 0. The van der Waals surface area contributed by atoms with Crippen LogP contribution in [0.25, 0.3) is 0 Å². The van der Waals surface area contributed by atoms with Crippen LogP contribution in [0.2, 0.25) is 0 Å². The molecule has 0 aromatic heterocycles. The Morgan fingerprint density at radius 1 is 0.882 bits per heavy atom. The molecule has 0 rings (SSSR count). The average Bonchev–Trinajstić information content (AvgIpc) is 2.25. The molecule has 0 radical (unpaired) electrons. The molecule has 0 amide bonds. The molecular weight excluding hydrogens is 239 g/mol. The van der Waals surface area contributed by atoms with Crippen molar-refractivity contribution in [2.45, 2.75) is 78.1 Å². The molecule has 0 spiro atoms. The van der Waals surface area contributed by atoms with Crippen molar-refractivity contribution in [3.8, 4) is 0 Å². The molecule has 0 atom stereocenters. The molecule has 98 valence electrons. The van der Waals surface area contributed by atoms with Crippen LogP contribution in [0.15, 0.2) is 0 Å². The van der Waals surface area contributed by atoms with Gasteiger partial charge in [0.25, 0.3) is 0 Å². The van der Waals surface area contributed by atoms with Gasteiger partial charge in [-0.05, 0) is 6.42 Å². The first kappa shape index (κ1) is 20.3. The summed E-state index contributed by atoms with van der Waals surface area (Å²) < 4.78 is 0. The third-order valence-electron chi connectivity index (χ3n) is 2.80. The Morgan fingerprint density at radius 2 is 1.29 bits per heavy atom. The molecule has 0 aromatic rings. The molecule has 0 heterocycles. The van der Waals surface area contributed by atoms with Crippen molar-refractivity contribution in [3.05, 3.63) is 0 Å². The van der Waals surface area contributed by atoms with Crippen LogP contribution >= 0.6 is 11.8 Å². The first-order valence-corrected chi connectivity index (χ1v) is 7.89. The van der Waals surface area contributed by atoms with Gasteiger partial charge in [-0.15, -0.1) is 0 Å². The minimum atomic E-state index is 0. The fourth-order valence-electron chi connectivity index (χ4n) is 1.81. The van der Waals surface area contributed by atoms with Crippen molar-refractivity contribution in [1.29, 1.82) is 0 Å². The Bertz CT molecular complexity index is 168. The smallest absolute Gasteiger partial charge is 1.00 e. The molecule has 0 unspecified atom stereocenters. The van der Waals surface area contributed by atoms with Crippen molar-refractivity contribution in [2.75, 3.05) is 5.75 Å². The fourth-order valence-corrected chi connectivity index (χ4v) is 2.44. The van der Waals surface area contributed by atoms with Gasteiger partial charge in [-0.3, -0.25) is 4.79 Å². The number of hydrogen-bond donors (Lipinski definition) is 0. The summed E-state index contributed by atoms with van der Waals surface area (Å²) in [6.45, 7) is 3.92. The summed E-state index contributed by atoms with van der Waals surface area (Å²) in [7, 11) is 0. The van der Waals surface area contributed by atoms with Gasteiger partial charge < -0.3 is 1.43 Å². The first-order chi connectivity index (χ1) is 7.77. The molecule has 17 heavy (non-hydrogen) atoms. The Kier molecular flexibility index (Phi) is 20.4. The number of thioether (sulfide) groups is 1. The Hall–Kier alpha value is 1.02. The van der Waals surface area contributed by atoms with Crippen LogP contribution in [0.4, 0.5) is 0 Å². The maximum atomic E-state index is 10.7. The van der Waals surface area contributed by atoms with Crippen LogP contribution in [-0.2, 0) is 4.79 Å². The molecule has 1 nitrogen and oxygen atoms in total. The Labute approximate surface area is 136 Å². The Balaban J connectivity index is -0.00000112. The SMILES string of the molecule is CCCCCCCCCCCCSC(C)=O.[H-].[Na+]. The van der Waals surface area contributed by atoms with Crippen molar-refractivity contribution in [2.24, 2.45) is 0 Å². The zero-order valence-corrected chi connectivity index (χ0v) is 14.9. The molecule has 0 saturated heterocycles. The molecule has 0 aromatic carbocycles. The maximum absolute atomic E-state index is 10.7. The quantitative estimate of drug-likeness (QED) is 0.422. The van der Waals surface area contributed by atoms with E-state index in [2.05, 4.69) is 6.92 Å². The van der Waals surface area contributed by atoms with Gasteiger partial charge in [0.1, 0.15) is 0 Å². The molecule has 0 aliphatic carbocycles. The summed E-state index contributed by atoms with van der Waals surface area (Å²) in [4.78, 5) is 10.7. The topological polar surface area (TPSA) is 17.1 Å². The molecule has 3 heteroatoms. The molecule has 0 N–H and O–H groups in total. The summed E-state index contributed by atoms with van der Waals surface area (Å²) in [5, 5.41) is 0.260. The average molecular weight is 268 g/mol. The van der Waals surface area contributed by atoms with Crippen LogP contribution in [0.5, 0.6) is 0 Å². The second kappa shape index (κ2) is 17.0. The zero-order valence-electron chi connectivity index (χ0n) is 13.1. The summed E-state index contributed by atoms with van der Waals surface area (Å²) >= 11 is 1.47. The van der Waals surface area contributed by atoms with E-state index in [0.717, 1.165) is 5.75 Å². The van der Waals surface area contributed by atoms with Gasteiger partial charge in [0.2, 0.25) is 0 Å². The summed E-state index contributed by atoms with van der Waals surface area (Å²) in [6.07, 6.45) is 13.7. The van der Waals surface area contributed by atoms with E-state index in [0.29, 0.717) is 0 Å². The molecule has 0 saturated carbocycles. The Morgan fingerprint density at radius 3 is 1.71 bits per heavy atom. The van der Waals surface area contributed by atoms with Crippen LogP contribution < -0.4 is 29.6 Å². The second-order valence-corrected chi connectivity index (χ2v) is 5.79. The third-order valence-corrected chi connectivity index (χ3v) is 3.70. The number of unbranched alkanes of at least 4 members (excludes halogenated alkanes) is 9. The van der Waals surface area contributed by atoms with Gasteiger partial charge >= 0.3 is 29.6 Å².